The van der Waals surface area contributed by atoms with Crippen LogP contribution in [0.3, 0.4) is 0 Å². The summed E-state index contributed by atoms with van der Waals surface area (Å²) in [6.07, 6.45) is -2.03. The summed E-state index contributed by atoms with van der Waals surface area (Å²) in [6.45, 7) is 3.53. The monoisotopic (exact) mass is 528 g/mol. The Kier molecular flexibility index (Phi) is 6.13. The maximum absolute atomic E-state index is 13.2. The van der Waals surface area contributed by atoms with Crippen LogP contribution >= 0.6 is 7.75 Å². The number of imidazole rings is 1. The number of nitrogens with two attached hydrogens (primary N) is 1. The van der Waals surface area contributed by atoms with E-state index in [1.807, 2.05) is 0 Å². The zero-order chi connectivity index (χ0) is 25.8. The smallest absolute Gasteiger partial charge is 0.462 e. The first-order chi connectivity index (χ1) is 17.0. The van der Waals surface area contributed by atoms with E-state index in [2.05, 4.69) is 20.0 Å². The maximum Gasteiger partial charge on any atom is 0.510 e. The lowest BCUT2D eigenvalue weighted by Crippen LogP contribution is -2.45. The van der Waals surface area contributed by atoms with Gasteiger partial charge in [0.25, 0.3) is 0 Å². The Bertz CT molecular complexity index is 1240. The van der Waals surface area contributed by atoms with Crippen LogP contribution in [0.4, 0.5) is 10.6 Å². The van der Waals surface area contributed by atoms with Gasteiger partial charge in [-0.3, -0.25) is 13.8 Å². The number of aliphatic hydroxyl groups is 1. The van der Waals surface area contributed by atoms with Crippen molar-refractivity contribution >= 4 is 36.9 Å². The summed E-state index contributed by atoms with van der Waals surface area (Å²) in [5.41, 5.74) is 4.85. The minimum Gasteiger partial charge on any atom is -0.462 e. The molecule has 2 aromatic rings. The van der Waals surface area contributed by atoms with Crippen LogP contribution < -0.4 is 10.8 Å². The number of carbonyl (C=O) groups excluding carboxylic acids is 2. The van der Waals surface area contributed by atoms with E-state index in [0.717, 1.165) is 0 Å². The van der Waals surface area contributed by atoms with Gasteiger partial charge in [0.15, 0.2) is 23.2 Å². The molecule has 3 aliphatic rings. The predicted octanol–water partition coefficient (Wildman–Crippen LogP) is 0.0256. The quantitative estimate of drug-likeness (QED) is 0.345. The van der Waals surface area contributed by atoms with Crippen LogP contribution in [0.15, 0.2) is 12.7 Å². The first kappa shape index (κ1) is 24.8. The molecule has 1 aliphatic carbocycles. The molecule has 5 rings (SSSR count). The summed E-state index contributed by atoms with van der Waals surface area (Å²) < 4.78 is 46.5. The normalized spacial score (nSPS) is 34.9. The number of nitrogen functional groups attached to an aromatic ring is 1. The zero-order valence-corrected chi connectivity index (χ0v) is 20.4. The van der Waals surface area contributed by atoms with Crippen LogP contribution in [0, 0.1) is 0 Å². The second kappa shape index (κ2) is 8.90. The number of carbonyl (C=O) groups is 2. The highest BCUT2D eigenvalue weighted by Crippen LogP contribution is 2.61. The molecule has 7 atom stereocenters. The molecule has 5 unspecified atom stereocenters. The van der Waals surface area contributed by atoms with Gasteiger partial charge < -0.3 is 34.4 Å². The van der Waals surface area contributed by atoms with Gasteiger partial charge in [0, 0.05) is 0 Å². The first-order valence-corrected chi connectivity index (χ1v) is 12.6. The Hall–Kier alpha value is -2.88. The van der Waals surface area contributed by atoms with Crippen molar-refractivity contribution in [1.82, 2.24) is 24.6 Å². The Morgan fingerprint density at radius 3 is 2.83 bits per heavy atom. The van der Waals surface area contributed by atoms with Gasteiger partial charge in [0.2, 0.25) is 6.79 Å². The summed E-state index contributed by atoms with van der Waals surface area (Å²) in [5.74, 6) is -0.521. The Morgan fingerprint density at radius 2 is 2.08 bits per heavy atom. The molecule has 2 saturated heterocycles. The van der Waals surface area contributed by atoms with Crippen LogP contribution in [0.2, 0.25) is 0 Å². The molecule has 36 heavy (non-hydrogen) atoms. The van der Waals surface area contributed by atoms with Crippen molar-refractivity contribution in [2.75, 3.05) is 19.1 Å². The molecule has 2 aliphatic heterocycles. The number of rotatable bonds is 5. The molecule has 4 N–H and O–H groups in total. The number of aromatic nitrogens is 4. The number of cyclic esters (lactones) is 1. The molecule has 16 nitrogen and oxygen atoms in total. The van der Waals surface area contributed by atoms with Crippen LogP contribution in [-0.4, -0.2) is 86.2 Å². The van der Waals surface area contributed by atoms with E-state index >= 15 is 0 Å². The van der Waals surface area contributed by atoms with E-state index in [1.165, 1.54) is 19.6 Å². The number of esters is 1. The van der Waals surface area contributed by atoms with Crippen LogP contribution in [0.1, 0.15) is 26.8 Å². The van der Waals surface area contributed by atoms with Gasteiger partial charge in [-0.15, -0.1) is 0 Å². The van der Waals surface area contributed by atoms with Crippen molar-refractivity contribution in [2.24, 2.45) is 0 Å². The maximum atomic E-state index is 13.2. The highest BCUT2D eigenvalue weighted by atomic mass is 31.2. The SMILES string of the molecule is CC(C)OC(=O)C(C)NP1(=O)OCOC(=O)OC2[C@@H](CO1)OC1[C@@H](n3cnc4c(N)ncnc43)C21O. The lowest BCUT2D eigenvalue weighted by atomic mass is 10.1. The molecular formula is C19H25N6O10P. The van der Waals surface area contributed by atoms with Crippen molar-refractivity contribution in [2.45, 2.75) is 62.9 Å². The summed E-state index contributed by atoms with van der Waals surface area (Å²) in [5, 5.41) is 13.9. The third-order valence-electron chi connectivity index (χ3n) is 6.00. The Morgan fingerprint density at radius 1 is 1.31 bits per heavy atom. The second-order valence-electron chi connectivity index (χ2n) is 8.82. The molecule has 2 aromatic heterocycles. The fourth-order valence-electron chi connectivity index (χ4n) is 4.34. The summed E-state index contributed by atoms with van der Waals surface area (Å²) in [6, 6.07) is -1.79. The third kappa shape index (κ3) is 4.19. The lowest BCUT2D eigenvalue weighted by Gasteiger charge is -2.30. The van der Waals surface area contributed by atoms with E-state index in [9.17, 15) is 19.3 Å². The predicted molar refractivity (Wildman–Crippen MR) is 117 cm³/mol. The summed E-state index contributed by atoms with van der Waals surface area (Å²) >= 11 is 0. The highest BCUT2D eigenvalue weighted by Gasteiger charge is 2.79. The van der Waals surface area contributed by atoms with E-state index in [-0.39, 0.29) is 5.82 Å². The minimum atomic E-state index is -4.18. The van der Waals surface area contributed by atoms with Gasteiger partial charge in [0.1, 0.15) is 36.1 Å². The topological polar surface area (TPSA) is 208 Å². The molecule has 4 heterocycles. The largest absolute Gasteiger partial charge is 0.510 e. The van der Waals surface area contributed by atoms with E-state index in [4.69, 9.17) is 33.7 Å². The fourth-order valence-corrected chi connectivity index (χ4v) is 5.68. The van der Waals surface area contributed by atoms with Gasteiger partial charge in [-0.05, 0) is 20.8 Å². The van der Waals surface area contributed by atoms with Gasteiger partial charge in [-0.2, -0.15) is 0 Å². The van der Waals surface area contributed by atoms with E-state index < -0.39 is 75.4 Å². The van der Waals surface area contributed by atoms with Gasteiger partial charge in [-0.25, -0.2) is 29.4 Å². The number of anilines is 1. The third-order valence-corrected chi connectivity index (χ3v) is 7.64. The van der Waals surface area contributed by atoms with Crippen LogP contribution in [0.25, 0.3) is 11.2 Å². The number of fused-ring (bicyclic) bond motifs is 4. The van der Waals surface area contributed by atoms with Crippen LogP contribution in [-0.2, 0) is 37.4 Å². The number of hydrogen-bond donors (Lipinski definition) is 3. The summed E-state index contributed by atoms with van der Waals surface area (Å²) in [4.78, 5) is 36.7. The molecule has 0 bridgehead atoms. The molecule has 3 fully saturated rings. The average Bonchev–Trinajstić information content (AvgIpc) is 3.07. The number of nitrogens with zero attached hydrogens (tertiary/aromatic N) is 4. The van der Waals surface area contributed by atoms with Crippen molar-refractivity contribution in [3.05, 3.63) is 12.7 Å². The van der Waals surface area contributed by atoms with Crippen molar-refractivity contribution in [1.29, 1.82) is 0 Å². The van der Waals surface area contributed by atoms with Crippen molar-refractivity contribution < 1.29 is 47.3 Å². The minimum absolute atomic E-state index is 0.164. The molecule has 0 radical (unpaired) electrons. The number of nitrogens with one attached hydrogen (secondary N) is 1. The molecule has 196 valence electrons. The molecule has 0 spiro atoms. The molecule has 17 heteroatoms. The highest BCUT2D eigenvalue weighted by molar-refractivity contribution is 7.51. The van der Waals surface area contributed by atoms with E-state index in [0.29, 0.717) is 11.2 Å². The zero-order valence-electron chi connectivity index (χ0n) is 19.5. The second-order valence-corrected chi connectivity index (χ2v) is 10.6. The molecular weight excluding hydrogens is 503 g/mol. The Labute approximate surface area is 203 Å². The number of hydrogen-bond acceptors (Lipinski definition) is 14. The summed E-state index contributed by atoms with van der Waals surface area (Å²) in [7, 11) is -4.18. The molecule has 0 aromatic carbocycles. The number of ether oxygens (including phenoxy) is 4. The van der Waals surface area contributed by atoms with Crippen molar-refractivity contribution in [3.63, 3.8) is 0 Å². The fraction of sp³-hybridized carbons (Fsp3) is 0.632. The lowest BCUT2D eigenvalue weighted by molar-refractivity contribution is -0.149. The average molecular weight is 528 g/mol. The molecule has 0 amide bonds. The van der Waals surface area contributed by atoms with Crippen LogP contribution in [0.5, 0.6) is 0 Å². The standard InChI is InChI=1S/C19H25N6O10P/c1-8(2)33-17(26)9(3)24-36(29)31-4-10-13(35-18(27)30-7-32-36)19(28)12(14(19)34-10)25-6-23-11-15(20)21-5-22-16(11)25/h5-6,8-10,12-14,28H,4,7H2,1-3H3,(H,24,29)(H2,20,21,22)/t9?,10-,12-,13?,14?,19?,36?/m1/s1. The van der Waals surface area contributed by atoms with E-state index in [1.54, 1.807) is 18.4 Å². The van der Waals surface area contributed by atoms with Crippen molar-refractivity contribution in [3.8, 4) is 0 Å². The van der Waals surface area contributed by atoms with Gasteiger partial charge >= 0.3 is 19.9 Å². The Balaban J connectivity index is 1.34. The van der Waals surface area contributed by atoms with Gasteiger partial charge in [-0.1, -0.05) is 0 Å². The first-order valence-electron chi connectivity index (χ1n) is 11.0. The van der Waals surface area contributed by atoms with Gasteiger partial charge in [0.05, 0.1) is 19.0 Å². The molecule has 1 saturated carbocycles.